The molecule has 0 radical (unpaired) electrons. The number of nitrogens with one attached hydrogen (secondary N) is 1. The normalized spacial score (nSPS) is 38.7. The van der Waals surface area contributed by atoms with Gasteiger partial charge >= 0.3 is 22.4 Å². The molecule has 0 aromatic heterocycles. The van der Waals surface area contributed by atoms with Crippen molar-refractivity contribution in [2.24, 2.45) is 0 Å². The molecule has 5 atom stereocenters. The monoisotopic (exact) mass is 433 g/mol. The van der Waals surface area contributed by atoms with Crippen molar-refractivity contribution >= 4 is 18.5 Å². The molecule has 2 unspecified atom stereocenters. The molecule has 0 aliphatic carbocycles. The maximum absolute atomic E-state index is 10.8. The van der Waals surface area contributed by atoms with Gasteiger partial charge in [0, 0.05) is 6.92 Å². The van der Waals surface area contributed by atoms with Gasteiger partial charge in [-0.2, -0.15) is 0 Å². The summed E-state index contributed by atoms with van der Waals surface area (Å²) in [4.78, 5) is 10.8. The number of hydrogen-bond acceptors (Lipinski definition) is 6. The van der Waals surface area contributed by atoms with Crippen molar-refractivity contribution < 1.29 is 47.2 Å². The van der Waals surface area contributed by atoms with Crippen LogP contribution in [0.3, 0.4) is 0 Å². The number of rotatable bonds is 2. The van der Waals surface area contributed by atoms with Crippen molar-refractivity contribution in [3.05, 3.63) is 0 Å². The molecule has 0 spiro atoms. The van der Waals surface area contributed by atoms with Gasteiger partial charge in [0.15, 0.2) is 0 Å². The van der Waals surface area contributed by atoms with Crippen LogP contribution in [0.4, 0.5) is 0 Å². The summed E-state index contributed by atoms with van der Waals surface area (Å²) < 4.78 is 5.07. The summed E-state index contributed by atoms with van der Waals surface area (Å²) in [5, 5.41) is 30.4. The Morgan fingerprint density at radius 2 is 2.00 bits per heavy atom. The Labute approximate surface area is 114 Å². The minimum atomic E-state index is -1.26. The molecule has 6 nitrogen and oxygen atoms in total. The van der Waals surface area contributed by atoms with Gasteiger partial charge in [0.1, 0.15) is 18.3 Å². The maximum atomic E-state index is 10.8. The van der Waals surface area contributed by atoms with Gasteiger partial charge in [0.05, 0.1) is 12.6 Å². The Hall–Kier alpha value is 0.400. The second-order valence-electron chi connectivity index (χ2n) is 3.43. The van der Waals surface area contributed by atoms with E-state index in [0.29, 0.717) is 0 Å². The standard InChI is InChI=1S/C8H15NO5S.Au/c1-3(11)9-5-7(13)6(12)4(2-10)14-8(5)15;/h4-8,10,12-13,15H,2H2,1H3,(H,9,11);/q;+1/p-1/t4?,5?,6-,7-,8+;/m1./s1. The van der Waals surface area contributed by atoms with E-state index in [2.05, 4.69) is 5.32 Å². The number of carbonyl (C=O) groups is 1. The van der Waals surface area contributed by atoms with Crippen LogP contribution in [0.5, 0.6) is 0 Å². The summed E-state index contributed by atoms with van der Waals surface area (Å²) in [6, 6.07) is -0.838. The van der Waals surface area contributed by atoms with Crippen molar-refractivity contribution in [2.45, 2.75) is 36.7 Å². The van der Waals surface area contributed by atoms with E-state index >= 15 is 0 Å². The minimum absolute atomic E-state index is 0. The number of aliphatic hydroxyl groups is 3. The topological polar surface area (TPSA) is 99.0 Å². The number of aliphatic hydroxyl groups excluding tert-OH is 3. The van der Waals surface area contributed by atoms with Crippen molar-refractivity contribution in [1.29, 1.82) is 0 Å². The molecule has 4 N–H and O–H groups in total. The molecule has 0 saturated carbocycles. The third-order valence-electron chi connectivity index (χ3n) is 2.25. The molecule has 1 saturated heterocycles. The van der Waals surface area contributed by atoms with Crippen molar-refractivity contribution in [1.82, 2.24) is 5.32 Å². The average Bonchev–Trinajstić information content (AvgIpc) is 2.18. The summed E-state index contributed by atoms with van der Waals surface area (Å²) in [5.74, 6) is -0.368. The van der Waals surface area contributed by atoms with E-state index in [0.717, 1.165) is 0 Å². The van der Waals surface area contributed by atoms with E-state index in [-0.39, 0.29) is 28.3 Å². The molecule has 0 aromatic carbocycles. The van der Waals surface area contributed by atoms with Crippen molar-refractivity contribution in [3.63, 3.8) is 0 Å². The fourth-order valence-electron chi connectivity index (χ4n) is 1.47. The van der Waals surface area contributed by atoms with Crippen LogP contribution in [-0.4, -0.2) is 57.6 Å². The molecule has 16 heavy (non-hydrogen) atoms. The SMILES string of the molecule is CC(=O)NC1[C@H]([S-])OC(CO)[C@@H](O)[C@@H]1O.[Au+]. The molecular formula is C8H14AuNO5S. The van der Waals surface area contributed by atoms with Crippen LogP contribution in [0, 0.1) is 0 Å². The average molecular weight is 433 g/mol. The van der Waals surface area contributed by atoms with Crippen LogP contribution < -0.4 is 5.32 Å². The van der Waals surface area contributed by atoms with E-state index in [4.69, 9.17) is 22.5 Å². The summed E-state index contributed by atoms with van der Waals surface area (Å²) in [6.45, 7) is 0.845. The fraction of sp³-hybridized carbons (Fsp3) is 0.875. The van der Waals surface area contributed by atoms with Crippen LogP contribution in [-0.2, 0) is 44.5 Å². The van der Waals surface area contributed by atoms with Gasteiger partial charge in [-0.3, -0.25) is 4.79 Å². The zero-order chi connectivity index (χ0) is 11.6. The van der Waals surface area contributed by atoms with Gasteiger partial charge < -0.3 is 38.0 Å². The first-order chi connectivity index (χ1) is 6.97. The van der Waals surface area contributed by atoms with Crippen molar-refractivity contribution in [3.8, 4) is 0 Å². The predicted molar refractivity (Wildman–Crippen MR) is 52.7 cm³/mol. The first-order valence-electron chi connectivity index (χ1n) is 4.52. The molecule has 0 aromatic rings. The molecule has 1 rings (SSSR count). The largest absolute Gasteiger partial charge is 1.00 e. The van der Waals surface area contributed by atoms with E-state index < -0.39 is 36.4 Å². The smallest absolute Gasteiger partial charge is 0.759 e. The van der Waals surface area contributed by atoms with Crippen LogP contribution in [0.1, 0.15) is 6.92 Å². The second-order valence-corrected chi connectivity index (χ2v) is 3.90. The number of carbonyl (C=O) groups excluding carboxylic acids is 1. The van der Waals surface area contributed by atoms with E-state index in [1.54, 1.807) is 0 Å². The van der Waals surface area contributed by atoms with E-state index in [1.165, 1.54) is 6.92 Å². The summed E-state index contributed by atoms with van der Waals surface area (Å²) >= 11 is 4.88. The first-order valence-corrected chi connectivity index (χ1v) is 5.00. The molecular weight excluding hydrogens is 419 g/mol. The minimum Gasteiger partial charge on any atom is -0.759 e. The van der Waals surface area contributed by atoms with Gasteiger partial charge in [-0.25, -0.2) is 0 Å². The zero-order valence-electron chi connectivity index (χ0n) is 8.46. The fourth-order valence-corrected chi connectivity index (χ4v) is 1.84. The quantitative estimate of drug-likeness (QED) is 0.284. The molecule has 1 aliphatic heterocycles. The predicted octanol–water partition coefficient (Wildman–Crippen LogP) is -2.53. The van der Waals surface area contributed by atoms with Gasteiger partial charge in [0.25, 0.3) is 0 Å². The molecule has 0 bridgehead atoms. The van der Waals surface area contributed by atoms with Crippen LogP contribution in [0.2, 0.25) is 0 Å². The molecule has 8 heteroatoms. The summed E-state index contributed by atoms with van der Waals surface area (Å²) in [6.07, 6.45) is -3.40. The molecule has 1 fully saturated rings. The number of amides is 1. The Kier molecular flexibility index (Phi) is 7.15. The second kappa shape index (κ2) is 6.97. The van der Waals surface area contributed by atoms with Gasteiger partial charge in [-0.1, -0.05) is 0 Å². The number of ether oxygens (including phenoxy) is 1. The Morgan fingerprint density at radius 1 is 1.44 bits per heavy atom. The molecule has 98 valence electrons. The van der Waals surface area contributed by atoms with Crippen LogP contribution in [0.15, 0.2) is 0 Å². The van der Waals surface area contributed by atoms with Gasteiger partial charge in [-0.05, 0) is 5.44 Å². The summed E-state index contributed by atoms with van der Waals surface area (Å²) in [5.41, 5.74) is -0.871. The third kappa shape index (κ3) is 3.71. The third-order valence-corrected chi connectivity index (χ3v) is 2.66. The van der Waals surface area contributed by atoms with E-state index in [9.17, 15) is 15.0 Å². The summed E-state index contributed by atoms with van der Waals surface area (Å²) in [7, 11) is 0. The molecule has 1 amide bonds. The Balaban J connectivity index is 0.00000225. The first kappa shape index (κ1) is 16.4. The Bertz CT molecular complexity index is 244. The molecule has 1 heterocycles. The van der Waals surface area contributed by atoms with Gasteiger partial charge in [-0.15, -0.1) is 0 Å². The number of hydrogen-bond donors (Lipinski definition) is 4. The van der Waals surface area contributed by atoms with Crippen molar-refractivity contribution in [2.75, 3.05) is 6.61 Å². The molecule has 1 aliphatic rings. The van der Waals surface area contributed by atoms with Crippen LogP contribution >= 0.6 is 0 Å². The maximum Gasteiger partial charge on any atom is 1.00 e. The Morgan fingerprint density at radius 3 is 2.44 bits per heavy atom. The van der Waals surface area contributed by atoms with Crippen LogP contribution in [0.25, 0.3) is 0 Å². The zero-order valence-corrected chi connectivity index (χ0v) is 11.4. The van der Waals surface area contributed by atoms with Gasteiger partial charge in [0.2, 0.25) is 5.91 Å². The van der Waals surface area contributed by atoms with E-state index in [1.807, 2.05) is 0 Å².